The highest BCUT2D eigenvalue weighted by Gasteiger charge is 2.35. The molecule has 1 aliphatic carbocycles. The van der Waals surface area contributed by atoms with Crippen LogP contribution in [0.2, 0.25) is 0 Å². The zero-order chi connectivity index (χ0) is 30.8. The Morgan fingerprint density at radius 2 is 1.02 bits per heavy atom. The molecule has 8 aromatic rings. The van der Waals surface area contributed by atoms with Crippen LogP contribution in [0.3, 0.4) is 0 Å². The third-order valence-corrected chi connectivity index (χ3v) is 10.5. The minimum absolute atomic E-state index is 0.0516. The van der Waals surface area contributed by atoms with Crippen LogP contribution in [0.15, 0.2) is 140 Å². The highest BCUT2D eigenvalue weighted by molar-refractivity contribution is 7.26. The van der Waals surface area contributed by atoms with E-state index in [4.69, 9.17) is 15.0 Å². The van der Waals surface area contributed by atoms with Crippen LogP contribution in [0.25, 0.3) is 76.6 Å². The Kier molecular flexibility index (Phi) is 6.02. The number of fused-ring (bicyclic) bond motifs is 6. The number of benzene rings is 6. The van der Waals surface area contributed by atoms with Crippen LogP contribution in [0, 0.1) is 0 Å². The van der Waals surface area contributed by atoms with Crippen molar-refractivity contribution in [2.45, 2.75) is 19.3 Å². The Bertz CT molecular complexity index is 2440. The number of thiophene rings is 1. The SMILES string of the molecule is CC1(C)c2ccccc2-c2cc(-c3nc(-c4ccccc4)nc(-c4ccc5c(c4)sc4cccc(-c6ccccc6)c45)n3)ccc21. The maximum absolute atomic E-state index is 5.13. The van der Waals surface area contributed by atoms with Gasteiger partial charge in [0.05, 0.1) is 0 Å². The Balaban J connectivity index is 1.21. The van der Waals surface area contributed by atoms with Crippen LogP contribution in [-0.4, -0.2) is 15.0 Å². The van der Waals surface area contributed by atoms with E-state index in [0.29, 0.717) is 17.5 Å². The van der Waals surface area contributed by atoms with Gasteiger partial charge < -0.3 is 0 Å². The zero-order valence-corrected chi connectivity index (χ0v) is 26.3. The summed E-state index contributed by atoms with van der Waals surface area (Å²) < 4.78 is 2.49. The highest BCUT2D eigenvalue weighted by atomic mass is 32.1. The van der Waals surface area contributed by atoms with Crippen LogP contribution in [0.5, 0.6) is 0 Å². The lowest BCUT2D eigenvalue weighted by Crippen LogP contribution is -2.14. The summed E-state index contributed by atoms with van der Waals surface area (Å²) in [6, 6.07) is 49.5. The maximum atomic E-state index is 5.13. The summed E-state index contributed by atoms with van der Waals surface area (Å²) in [6.07, 6.45) is 0. The number of rotatable bonds is 4. The van der Waals surface area contributed by atoms with Crippen molar-refractivity contribution < 1.29 is 0 Å². The van der Waals surface area contributed by atoms with Crippen LogP contribution >= 0.6 is 11.3 Å². The third-order valence-electron chi connectivity index (χ3n) is 9.35. The molecule has 0 bridgehead atoms. The molecule has 0 amide bonds. The monoisotopic (exact) mass is 607 g/mol. The quantitative estimate of drug-likeness (QED) is 0.200. The zero-order valence-electron chi connectivity index (χ0n) is 25.5. The molecule has 0 saturated carbocycles. The second kappa shape index (κ2) is 10.3. The largest absolute Gasteiger partial charge is 0.208 e. The van der Waals surface area contributed by atoms with E-state index >= 15 is 0 Å². The van der Waals surface area contributed by atoms with Crippen molar-refractivity contribution in [2.75, 3.05) is 0 Å². The van der Waals surface area contributed by atoms with Gasteiger partial charge in [-0.15, -0.1) is 11.3 Å². The summed E-state index contributed by atoms with van der Waals surface area (Å²) in [6.45, 7) is 4.61. The van der Waals surface area contributed by atoms with Gasteiger partial charge in [-0.05, 0) is 51.6 Å². The molecule has 0 atom stereocenters. The molecule has 218 valence electrons. The third kappa shape index (κ3) is 4.22. The van der Waals surface area contributed by atoms with Crippen molar-refractivity contribution in [3.63, 3.8) is 0 Å². The minimum atomic E-state index is -0.0516. The predicted octanol–water partition coefficient (Wildman–Crippen LogP) is 11.2. The van der Waals surface area contributed by atoms with Crippen molar-refractivity contribution in [1.82, 2.24) is 15.0 Å². The lowest BCUT2D eigenvalue weighted by Gasteiger charge is -2.21. The molecule has 46 heavy (non-hydrogen) atoms. The van der Waals surface area contributed by atoms with Crippen molar-refractivity contribution in [3.05, 3.63) is 151 Å². The average Bonchev–Trinajstić information content (AvgIpc) is 3.60. The van der Waals surface area contributed by atoms with Gasteiger partial charge in [0.15, 0.2) is 17.5 Å². The van der Waals surface area contributed by atoms with Gasteiger partial charge in [-0.2, -0.15) is 0 Å². The van der Waals surface area contributed by atoms with Crippen molar-refractivity contribution in [2.24, 2.45) is 0 Å². The lowest BCUT2D eigenvalue weighted by atomic mass is 9.82. The molecule has 0 radical (unpaired) electrons. The summed E-state index contributed by atoms with van der Waals surface area (Å²) in [5, 5.41) is 2.54. The predicted molar refractivity (Wildman–Crippen MR) is 192 cm³/mol. The molecule has 0 saturated heterocycles. The Hall–Kier alpha value is -5.45. The molecular formula is C42H29N3S. The number of hydrogen-bond acceptors (Lipinski definition) is 4. The molecule has 1 aliphatic rings. The summed E-state index contributed by atoms with van der Waals surface area (Å²) in [5.74, 6) is 2.02. The second-order valence-corrected chi connectivity index (χ2v) is 13.5. The topological polar surface area (TPSA) is 38.7 Å². The fourth-order valence-electron chi connectivity index (χ4n) is 7.03. The fourth-order valence-corrected chi connectivity index (χ4v) is 8.20. The summed E-state index contributed by atoms with van der Waals surface area (Å²) in [5.41, 5.74) is 10.6. The first-order chi connectivity index (χ1) is 22.5. The van der Waals surface area contributed by atoms with Crippen molar-refractivity contribution >= 4 is 31.5 Å². The van der Waals surface area contributed by atoms with E-state index in [1.54, 1.807) is 0 Å². The van der Waals surface area contributed by atoms with Gasteiger partial charge in [-0.25, -0.2) is 15.0 Å². The van der Waals surface area contributed by atoms with Crippen LogP contribution in [-0.2, 0) is 5.41 Å². The molecule has 0 unspecified atom stereocenters. The number of hydrogen-bond donors (Lipinski definition) is 0. The first kappa shape index (κ1) is 26.9. The van der Waals surface area contributed by atoms with Gasteiger partial charge >= 0.3 is 0 Å². The maximum Gasteiger partial charge on any atom is 0.164 e. The molecule has 0 fully saturated rings. The molecular weight excluding hydrogens is 579 g/mol. The number of nitrogens with zero attached hydrogens (tertiary/aromatic N) is 3. The molecule has 0 spiro atoms. The molecule has 9 rings (SSSR count). The molecule has 4 heteroatoms. The van der Waals surface area contributed by atoms with Gasteiger partial charge in [0, 0.05) is 42.3 Å². The molecule has 2 aromatic heterocycles. The average molecular weight is 608 g/mol. The summed E-state index contributed by atoms with van der Waals surface area (Å²) in [7, 11) is 0. The van der Waals surface area contributed by atoms with E-state index in [-0.39, 0.29) is 5.41 Å². The minimum Gasteiger partial charge on any atom is -0.208 e. The first-order valence-corrected chi connectivity index (χ1v) is 16.4. The van der Waals surface area contributed by atoms with E-state index in [9.17, 15) is 0 Å². The van der Waals surface area contributed by atoms with Crippen molar-refractivity contribution in [3.8, 4) is 56.4 Å². The van der Waals surface area contributed by atoms with Crippen LogP contribution in [0.1, 0.15) is 25.0 Å². The van der Waals surface area contributed by atoms with Gasteiger partial charge in [0.1, 0.15) is 0 Å². The van der Waals surface area contributed by atoms with E-state index in [0.717, 1.165) is 16.7 Å². The highest BCUT2D eigenvalue weighted by Crippen LogP contribution is 2.49. The normalized spacial score (nSPS) is 13.2. The summed E-state index contributed by atoms with van der Waals surface area (Å²) in [4.78, 5) is 15.2. The smallest absolute Gasteiger partial charge is 0.164 e. The van der Waals surface area contributed by atoms with E-state index < -0.39 is 0 Å². The number of aromatic nitrogens is 3. The molecule has 3 nitrogen and oxygen atoms in total. The Labute approximate surface area is 271 Å². The fraction of sp³-hybridized carbons (Fsp3) is 0.0714. The second-order valence-electron chi connectivity index (χ2n) is 12.5. The molecule has 0 aliphatic heterocycles. The molecule has 0 N–H and O–H groups in total. The molecule has 6 aromatic carbocycles. The van der Waals surface area contributed by atoms with E-state index in [1.165, 1.54) is 53.6 Å². The van der Waals surface area contributed by atoms with Gasteiger partial charge in [-0.3, -0.25) is 0 Å². The van der Waals surface area contributed by atoms with Gasteiger partial charge in [-0.1, -0.05) is 135 Å². The van der Waals surface area contributed by atoms with E-state index in [2.05, 4.69) is 135 Å². The van der Waals surface area contributed by atoms with Gasteiger partial charge in [0.2, 0.25) is 0 Å². The van der Waals surface area contributed by atoms with E-state index in [1.807, 2.05) is 29.5 Å². The standard InChI is InChI=1S/C42H29N3S/c1-42(2)34-18-10-9-16-31(34)33-24-28(21-23-35(33)42)40-43-39(27-14-7-4-8-15-27)44-41(45-40)29-20-22-32-37(25-29)46-36-19-11-17-30(38(32)36)26-12-5-3-6-13-26/h3-25H,1-2H3. The van der Waals surface area contributed by atoms with Crippen LogP contribution in [0.4, 0.5) is 0 Å². The van der Waals surface area contributed by atoms with Crippen molar-refractivity contribution in [1.29, 1.82) is 0 Å². The van der Waals surface area contributed by atoms with Crippen LogP contribution < -0.4 is 0 Å². The first-order valence-electron chi connectivity index (χ1n) is 15.6. The Morgan fingerprint density at radius 1 is 0.435 bits per heavy atom. The molecule has 2 heterocycles. The Morgan fingerprint density at radius 3 is 1.78 bits per heavy atom. The van der Waals surface area contributed by atoms with Gasteiger partial charge in [0.25, 0.3) is 0 Å². The lowest BCUT2D eigenvalue weighted by molar-refractivity contribution is 0.660. The summed E-state index contributed by atoms with van der Waals surface area (Å²) >= 11 is 1.82.